The molecule has 0 amide bonds. The molecule has 4 nitrogen and oxygen atoms in total. The Morgan fingerprint density at radius 2 is 1.95 bits per heavy atom. The summed E-state index contributed by atoms with van der Waals surface area (Å²) in [7, 11) is 1.66. The summed E-state index contributed by atoms with van der Waals surface area (Å²) in [4.78, 5) is 7.64. The maximum absolute atomic E-state index is 12.4. The molecule has 1 heterocycles. The highest BCUT2D eigenvalue weighted by molar-refractivity contribution is 14.0. The molecule has 0 saturated carbocycles. The summed E-state index contributed by atoms with van der Waals surface area (Å²) in [6.07, 6.45) is -2.90. The number of alkyl halides is 3. The Balaban J connectivity index is 0.00000441. The highest BCUT2D eigenvalue weighted by atomic mass is 127. The molecule has 0 fully saturated rings. The average molecular weight is 450 g/mol. The monoisotopic (exact) mass is 450 g/mol. The van der Waals surface area contributed by atoms with Gasteiger partial charge in [-0.3, -0.25) is 4.99 Å². The van der Waals surface area contributed by atoms with Gasteiger partial charge < -0.3 is 10.6 Å². The molecule has 0 aliphatic carbocycles. The van der Waals surface area contributed by atoms with Crippen molar-refractivity contribution in [1.82, 2.24) is 15.6 Å². The SMILES string of the molecule is CN=C(NCCc1nc(C(F)(F)F)cs1)NCCC(C)C.I. The Hall–Kier alpha value is -0.580. The van der Waals surface area contributed by atoms with Crippen LogP contribution in [-0.2, 0) is 12.6 Å². The van der Waals surface area contributed by atoms with Crippen LogP contribution in [0.15, 0.2) is 10.4 Å². The van der Waals surface area contributed by atoms with Gasteiger partial charge >= 0.3 is 6.18 Å². The number of thiazole rings is 1. The van der Waals surface area contributed by atoms with Crippen LogP contribution in [0.4, 0.5) is 13.2 Å². The van der Waals surface area contributed by atoms with E-state index in [1.165, 1.54) is 0 Å². The van der Waals surface area contributed by atoms with Crippen molar-refractivity contribution in [2.24, 2.45) is 10.9 Å². The maximum Gasteiger partial charge on any atom is 0.434 e. The highest BCUT2D eigenvalue weighted by Crippen LogP contribution is 2.29. The van der Waals surface area contributed by atoms with E-state index < -0.39 is 11.9 Å². The van der Waals surface area contributed by atoms with Gasteiger partial charge in [-0.25, -0.2) is 4.98 Å². The van der Waals surface area contributed by atoms with Crippen LogP contribution in [0.2, 0.25) is 0 Å². The first-order chi connectivity index (χ1) is 9.82. The first-order valence-electron chi connectivity index (χ1n) is 6.79. The zero-order chi connectivity index (χ0) is 15.9. The van der Waals surface area contributed by atoms with Crippen molar-refractivity contribution in [2.75, 3.05) is 20.1 Å². The zero-order valence-electron chi connectivity index (χ0n) is 12.8. The molecule has 0 saturated heterocycles. The van der Waals surface area contributed by atoms with Gasteiger partial charge in [0.25, 0.3) is 0 Å². The summed E-state index contributed by atoms with van der Waals surface area (Å²) in [5.74, 6) is 1.26. The van der Waals surface area contributed by atoms with E-state index in [1.807, 2.05) is 0 Å². The molecule has 1 aromatic heterocycles. The number of aliphatic imine (C=N–C) groups is 1. The first kappa shape index (κ1) is 21.4. The van der Waals surface area contributed by atoms with E-state index in [0.717, 1.165) is 29.7 Å². The summed E-state index contributed by atoms with van der Waals surface area (Å²) in [5.41, 5.74) is -0.818. The fourth-order valence-electron chi connectivity index (χ4n) is 1.54. The van der Waals surface area contributed by atoms with Crippen LogP contribution in [0.3, 0.4) is 0 Å². The van der Waals surface area contributed by atoms with Gasteiger partial charge in [0, 0.05) is 31.9 Å². The summed E-state index contributed by atoms with van der Waals surface area (Å²) in [6.45, 7) is 5.58. The molecule has 1 aromatic rings. The third kappa shape index (κ3) is 8.16. The zero-order valence-corrected chi connectivity index (χ0v) is 16.0. The molecule has 0 unspecified atom stereocenters. The van der Waals surface area contributed by atoms with Crippen molar-refractivity contribution in [3.05, 3.63) is 16.1 Å². The minimum absolute atomic E-state index is 0. The summed E-state index contributed by atoms with van der Waals surface area (Å²) in [5, 5.41) is 7.73. The van der Waals surface area contributed by atoms with E-state index in [2.05, 4.69) is 34.5 Å². The first-order valence-corrected chi connectivity index (χ1v) is 7.67. The van der Waals surface area contributed by atoms with Crippen LogP contribution in [0, 0.1) is 5.92 Å². The molecule has 128 valence electrons. The van der Waals surface area contributed by atoms with Crippen LogP contribution >= 0.6 is 35.3 Å². The quantitative estimate of drug-likeness (QED) is 0.396. The number of nitrogens with zero attached hydrogens (tertiary/aromatic N) is 2. The molecule has 0 aromatic carbocycles. The number of guanidine groups is 1. The molecular formula is C13H22F3IN4S. The third-order valence-electron chi connectivity index (χ3n) is 2.71. The van der Waals surface area contributed by atoms with E-state index in [0.29, 0.717) is 29.9 Å². The number of nitrogens with one attached hydrogen (secondary N) is 2. The predicted molar refractivity (Wildman–Crippen MR) is 95.1 cm³/mol. The maximum atomic E-state index is 12.4. The van der Waals surface area contributed by atoms with Crippen LogP contribution in [0.5, 0.6) is 0 Å². The lowest BCUT2D eigenvalue weighted by atomic mass is 10.1. The standard InChI is InChI=1S/C13H21F3N4S.HI/c1-9(2)4-6-18-12(17-3)19-7-5-11-20-10(8-21-11)13(14,15)16;/h8-9H,4-7H2,1-3H3,(H2,17,18,19);1H. The fourth-order valence-corrected chi connectivity index (χ4v) is 2.35. The van der Waals surface area contributed by atoms with Gasteiger partial charge in [-0.15, -0.1) is 35.3 Å². The number of halogens is 4. The Morgan fingerprint density at radius 1 is 1.32 bits per heavy atom. The topological polar surface area (TPSA) is 49.3 Å². The minimum atomic E-state index is -4.36. The van der Waals surface area contributed by atoms with Crippen molar-refractivity contribution in [3.8, 4) is 0 Å². The molecule has 0 bridgehead atoms. The van der Waals surface area contributed by atoms with Crippen LogP contribution in [0.25, 0.3) is 0 Å². The van der Waals surface area contributed by atoms with Crippen molar-refractivity contribution in [2.45, 2.75) is 32.9 Å². The van der Waals surface area contributed by atoms with E-state index in [9.17, 15) is 13.2 Å². The second-order valence-electron chi connectivity index (χ2n) is 4.98. The largest absolute Gasteiger partial charge is 0.434 e. The lowest BCUT2D eigenvalue weighted by molar-refractivity contribution is -0.140. The normalized spacial score (nSPS) is 12.2. The molecule has 0 atom stereocenters. The lowest BCUT2D eigenvalue weighted by Gasteiger charge is -2.12. The van der Waals surface area contributed by atoms with Gasteiger partial charge in [-0.2, -0.15) is 13.2 Å². The molecule has 22 heavy (non-hydrogen) atoms. The van der Waals surface area contributed by atoms with Gasteiger partial charge in [0.05, 0.1) is 5.01 Å². The number of hydrogen-bond acceptors (Lipinski definition) is 3. The van der Waals surface area contributed by atoms with Crippen molar-refractivity contribution < 1.29 is 13.2 Å². The van der Waals surface area contributed by atoms with Crippen LogP contribution in [-0.4, -0.2) is 31.1 Å². The Morgan fingerprint density at radius 3 is 2.45 bits per heavy atom. The molecule has 0 radical (unpaired) electrons. The lowest BCUT2D eigenvalue weighted by Crippen LogP contribution is -2.39. The third-order valence-corrected chi connectivity index (χ3v) is 3.62. The number of aromatic nitrogens is 1. The predicted octanol–water partition coefficient (Wildman–Crippen LogP) is 3.53. The van der Waals surface area contributed by atoms with Crippen LogP contribution < -0.4 is 10.6 Å². The molecule has 0 aliphatic rings. The number of hydrogen-bond donors (Lipinski definition) is 2. The van der Waals surface area contributed by atoms with Crippen molar-refractivity contribution in [1.29, 1.82) is 0 Å². The average Bonchev–Trinajstić information content (AvgIpc) is 2.85. The second-order valence-corrected chi connectivity index (χ2v) is 5.93. The fraction of sp³-hybridized carbons (Fsp3) is 0.692. The highest BCUT2D eigenvalue weighted by Gasteiger charge is 2.33. The van der Waals surface area contributed by atoms with Gasteiger partial charge in [0.1, 0.15) is 0 Å². The minimum Gasteiger partial charge on any atom is -0.356 e. The van der Waals surface area contributed by atoms with E-state index in [-0.39, 0.29) is 24.0 Å². The van der Waals surface area contributed by atoms with E-state index in [4.69, 9.17) is 0 Å². The summed E-state index contributed by atoms with van der Waals surface area (Å²) < 4.78 is 37.2. The van der Waals surface area contributed by atoms with Crippen molar-refractivity contribution in [3.63, 3.8) is 0 Å². The Labute approximate surface area is 150 Å². The van der Waals surface area contributed by atoms with Gasteiger partial charge in [0.15, 0.2) is 11.7 Å². The van der Waals surface area contributed by atoms with Crippen LogP contribution in [0.1, 0.15) is 31.0 Å². The van der Waals surface area contributed by atoms with Crippen molar-refractivity contribution >= 4 is 41.3 Å². The van der Waals surface area contributed by atoms with Gasteiger partial charge in [0.2, 0.25) is 0 Å². The molecule has 2 N–H and O–H groups in total. The molecular weight excluding hydrogens is 428 g/mol. The Kier molecular flexibility index (Phi) is 9.97. The molecule has 1 rings (SSSR count). The number of rotatable bonds is 6. The van der Waals surface area contributed by atoms with Gasteiger partial charge in [-0.1, -0.05) is 13.8 Å². The summed E-state index contributed by atoms with van der Waals surface area (Å²) in [6, 6.07) is 0. The molecule has 0 spiro atoms. The molecule has 0 aliphatic heterocycles. The Bertz CT molecular complexity index is 460. The van der Waals surface area contributed by atoms with E-state index in [1.54, 1.807) is 7.05 Å². The molecule has 9 heteroatoms. The van der Waals surface area contributed by atoms with Gasteiger partial charge in [-0.05, 0) is 12.3 Å². The second kappa shape index (κ2) is 10.2. The van der Waals surface area contributed by atoms with E-state index >= 15 is 0 Å². The smallest absolute Gasteiger partial charge is 0.356 e. The summed E-state index contributed by atoms with van der Waals surface area (Å²) >= 11 is 1.03.